The number of ether oxygens (including phenoxy) is 2. The van der Waals surface area contributed by atoms with Crippen molar-refractivity contribution in [2.75, 3.05) is 19.5 Å². The van der Waals surface area contributed by atoms with Crippen molar-refractivity contribution in [2.24, 2.45) is 0 Å². The lowest BCUT2D eigenvalue weighted by atomic mass is 10.2. The van der Waals surface area contributed by atoms with E-state index >= 15 is 0 Å². The smallest absolute Gasteiger partial charge is 0.276 e. The molecule has 8 heteroatoms. The number of carbonyl (C=O) groups excluding carboxylic acids is 1. The fourth-order valence-corrected chi connectivity index (χ4v) is 3.02. The molecule has 0 saturated carbocycles. The maximum Gasteiger partial charge on any atom is 0.276 e. The zero-order valence-electron chi connectivity index (χ0n) is 13.4. The van der Waals surface area contributed by atoms with Crippen molar-refractivity contribution in [3.63, 3.8) is 0 Å². The Morgan fingerprint density at radius 3 is 2.64 bits per heavy atom. The van der Waals surface area contributed by atoms with E-state index in [0.717, 1.165) is 5.56 Å². The molecule has 0 aliphatic carbocycles. The zero-order valence-corrected chi connectivity index (χ0v) is 15.0. The van der Waals surface area contributed by atoms with Crippen molar-refractivity contribution in [3.05, 3.63) is 52.6 Å². The third kappa shape index (κ3) is 3.89. The number of thiazole rings is 1. The Bertz CT molecular complexity index is 896. The third-order valence-corrected chi connectivity index (χ3v) is 4.45. The van der Waals surface area contributed by atoms with Gasteiger partial charge in [-0.15, -0.1) is 11.3 Å². The van der Waals surface area contributed by atoms with Crippen LogP contribution in [0.15, 0.2) is 41.9 Å². The van der Waals surface area contributed by atoms with Crippen molar-refractivity contribution in [1.82, 2.24) is 9.97 Å². The molecule has 0 bridgehead atoms. The van der Waals surface area contributed by atoms with Gasteiger partial charge in [-0.25, -0.2) is 9.97 Å². The predicted octanol–water partition coefficient (Wildman–Crippen LogP) is 4.13. The Kier molecular flexibility index (Phi) is 5.16. The molecule has 0 spiro atoms. The number of hydrogen-bond acceptors (Lipinski definition) is 6. The number of methoxy groups -OCH3 is 2. The van der Waals surface area contributed by atoms with E-state index < -0.39 is 0 Å². The molecule has 2 heterocycles. The molecule has 128 valence electrons. The highest BCUT2D eigenvalue weighted by atomic mass is 35.5. The molecule has 1 aromatic carbocycles. The largest absolute Gasteiger partial charge is 0.493 e. The maximum absolute atomic E-state index is 12.3. The van der Waals surface area contributed by atoms with E-state index in [2.05, 4.69) is 15.3 Å². The molecule has 0 saturated heterocycles. The van der Waals surface area contributed by atoms with Gasteiger partial charge in [-0.1, -0.05) is 11.6 Å². The van der Waals surface area contributed by atoms with Crippen molar-refractivity contribution in [3.8, 4) is 22.1 Å². The number of nitrogens with zero attached hydrogens (tertiary/aromatic N) is 2. The van der Waals surface area contributed by atoms with E-state index in [1.807, 2.05) is 12.1 Å². The highest BCUT2D eigenvalue weighted by Crippen LogP contribution is 2.33. The minimum Gasteiger partial charge on any atom is -0.493 e. The van der Waals surface area contributed by atoms with Crippen LogP contribution in [-0.2, 0) is 0 Å². The highest BCUT2D eigenvalue weighted by Gasteiger charge is 2.14. The number of benzene rings is 1. The van der Waals surface area contributed by atoms with E-state index in [1.54, 1.807) is 37.8 Å². The predicted molar refractivity (Wildman–Crippen MR) is 97.9 cm³/mol. The molecule has 2 aromatic heterocycles. The SMILES string of the molecule is COc1ccc(-c2nc(C(=O)Nc3ccc(Cl)cn3)cs2)cc1OC. The minimum absolute atomic E-state index is 0.312. The van der Waals surface area contributed by atoms with Gasteiger partial charge in [-0.05, 0) is 30.3 Å². The number of amides is 1. The van der Waals surface area contributed by atoms with Gasteiger partial charge in [-0.3, -0.25) is 4.79 Å². The molecule has 0 aliphatic rings. The third-order valence-electron chi connectivity index (χ3n) is 3.34. The number of hydrogen-bond donors (Lipinski definition) is 1. The summed E-state index contributed by atoms with van der Waals surface area (Å²) >= 11 is 7.14. The molecule has 25 heavy (non-hydrogen) atoms. The molecule has 3 rings (SSSR count). The molecular formula is C17H14ClN3O3S. The normalized spacial score (nSPS) is 10.4. The van der Waals surface area contributed by atoms with Gasteiger partial charge in [0.1, 0.15) is 16.5 Å². The number of aromatic nitrogens is 2. The fraction of sp³-hybridized carbons (Fsp3) is 0.118. The summed E-state index contributed by atoms with van der Waals surface area (Å²) in [5.74, 6) is 1.31. The number of carbonyl (C=O) groups is 1. The molecule has 3 aromatic rings. The average molecular weight is 376 g/mol. The van der Waals surface area contributed by atoms with Crippen LogP contribution >= 0.6 is 22.9 Å². The standard InChI is InChI=1S/C17H14ClN3O3S/c1-23-13-5-3-10(7-14(13)24-2)17-20-12(9-25-17)16(22)21-15-6-4-11(18)8-19-15/h3-9H,1-2H3,(H,19,21,22). The average Bonchev–Trinajstić information content (AvgIpc) is 3.13. The van der Waals surface area contributed by atoms with Gasteiger partial charge in [0.2, 0.25) is 0 Å². The van der Waals surface area contributed by atoms with Crippen LogP contribution in [-0.4, -0.2) is 30.1 Å². The van der Waals surface area contributed by atoms with E-state index in [-0.39, 0.29) is 5.91 Å². The molecule has 1 amide bonds. The van der Waals surface area contributed by atoms with Crippen LogP contribution in [0.3, 0.4) is 0 Å². The van der Waals surface area contributed by atoms with Gasteiger partial charge >= 0.3 is 0 Å². The van der Waals surface area contributed by atoms with E-state index in [1.165, 1.54) is 17.5 Å². The number of pyridine rings is 1. The highest BCUT2D eigenvalue weighted by molar-refractivity contribution is 7.13. The fourth-order valence-electron chi connectivity index (χ4n) is 2.11. The van der Waals surface area contributed by atoms with Crippen LogP contribution in [0, 0.1) is 0 Å². The molecule has 0 radical (unpaired) electrons. The quantitative estimate of drug-likeness (QED) is 0.725. The molecular weight excluding hydrogens is 362 g/mol. The summed E-state index contributed by atoms with van der Waals surface area (Å²) in [7, 11) is 3.15. The Morgan fingerprint density at radius 2 is 1.96 bits per heavy atom. The van der Waals surface area contributed by atoms with Crippen LogP contribution < -0.4 is 14.8 Å². The van der Waals surface area contributed by atoms with Crippen LogP contribution in [0.2, 0.25) is 5.02 Å². The summed E-state index contributed by atoms with van der Waals surface area (Å²) in [4.78, 5) is 20.7. The lowest BCUT2D eigenvalue weighted by molar-refractivity contribution is 0.102. The summed E-state index contributed by atoms with van der Waals surface area (Å²) in [6.45, 7) is 0. The molecule has 0 aliphatic heterocycles. The van der Waals surface area contributed by atoms with Gasteiger partial charge in [0.05, 0.1) is 19.2 Å². The molecule has 1 N–H and O–H groups in total. The monoisotopic (exact) mass is 375 g/mol. The van der Waals surface area contributed by atoms with E-state index in [4.69, 9.17) is 21.1 Å². The van der Waals surface area contributed by atoms with Crippen LogP contribution in [0.1, 0.15) is 10.5 Å². The summed E-state index contributed by atoms with van der Waals surface area (Å²) in [6, 6.07) is 8.76. The first-order valence-corrected chi connectivity index (χ1v) is 8.47. The van der Waals surface area contributed by atoms with E-state index in [0.29, 0.717) is 33.0 Å². The van der Waals surface area contributed by atoms with Crippen molar-refractivity contribution < 1.29 is 14.3 Å². The van der Waals surface area contributed by atoms with Crippen molar-refractivity contribution >= 4 is 34.7 Å². The Balaban J connectivity index is 1.80. The summed E-state index contributed by atoms with van der Waals surface area (Å²) in [5, 5.41) is 5.58. The Morgan fingerprint density at radius 1 is 1.16 bits per heavy atom. The van der Waals surface area contributed by atoms with Gasteiger partial charge in [-0.2, -0.15) is 0 Å². The molecule has 0 unspecified atom stereocenters. The Hall–Kier alpha value is -2.64. The van der Waals surface area contributed by atoms with Crippen LogP contribution in [0.5, 0.6) is 11.5 Å². The Labute approximate surface area is 153 Å². The summed E-state index contributed by atoms with van der Waals surface area (Å²) in [6.07, 6.45) is 1.47. The van der Waals surface area contributed by atoms with Crippen molar-refractivity contribution in [1.29, 1.82) is 0 Å². The van der Waals surface area contributed by atoms with Crippen LogP contribution in [0.25, 0.3) is 10.6 Å². The number of rotatable bonds is 5. The first-order valence-electron chi connectivity index (χ1n) is 7.21. The lowest BCUT2D eigenvalue weighted by Crippen LogP contribution is -2.13. The summed E-state index contributed by atoms with van der Waals surface area (Å²) in [5.41, 5.74) is 1.15. The number of anilines is 1. The second-order valence-electron chi connectivity index (χ2n) is 4.92. The second kappa shape index (κ2) is 7.50. The lowest BCUT2D eigenvalue weighted by Gasteiger charge is -2.08. The van der Waals surface area contributed by atoms with Gasteiger partial charge in [0, 0.05) is 17.1 Å². The van der Waals surface area contributed by atoms with Gasteiger partial charge < -0.3 is 14.8 Å². The van der Waals surface area contributed by atoms with Crippen LogP contribution in [0.4, 0.5) is 5.82 Å². The van der Waals surface area contributed by atoms with E-state index in [9.17, 15) is 4.79 Å². The maximum atomic E-state index is 12.3. The van der Waals surface area contributed by atoms with Crippen molar-refractivity contribution in [2.45, 2.75) is 0 Å². The summed E-state index contributed by atoms with van der Waals surface area (Å²) < 4.78 is 10.5. The first kappa shape index (κ1) is 17.2. The molecule has 0 fully saturated rings. The minimum atomic E-state index is -0.335. The second-order valence-corrected chi connectivity index (χ2v) is 6.22. The number of halogens is 1. The topological polar surface area (TPSA) is 73.3 Å². The molecule has 0 atom stereocenters. The first-order chi connectivity index (χ1) is 12.1. The van der Waals surface area contributed by atoms with Gasteiger partial charge in [0.15, 0.2) is 11.5 Å². The van der Waals surface area contributed by atoms with Gasteiger partial charge in [0.25, 0.3) is 5.91 Å². The number of nitrogens with one attached hydrogen (secondary N) is 1. The zero-order chi connectivity index (χ0) is 17.8. The molecule has 6 nitrogen and oxygen atoms in total.